The summed E-state index contributed by atoms with van der Waals surface area (Å²) in [5.74, 6) is -1.68. The molecule has 0 spiro atoms. The number of rotatable bonds is 10. The molecule has 0 radical (unpaired) electrons. The third-order valence-corrected chi connectivity index (χ3v) is 3.64. The number of carbonyl (C=O) groups is 4. The number of hydrogen-bond donors (Lipinski definition) is 3. The second-order valence-electron chi connectivity index (χ2n) is 6.31. The number of amides is 4. The van der Waals surface area contributed by atoms with Gasteiger partial charge in [0.1, 0.15) is 11.8 Å². The van der Waals surface area contributed by atoms with Gasteiger partial charge >= 0.3 is 12.0 Å². The Labute approximate surface area is 169 Å². The van der Waals surface area contributed by atoms with Crippen LogP contribution in [-0.2, 0) is 14.3 Å². The molecule has 158 valence electrons. The molecule has 0 fully saturated rings. The zero-order valence-corrected chi connectivity index (χ0v) is 16.8. The highest BCUT2D eigenvalue weighted by Gasteiger charge is 2.27. The van der Waals surface area contributed by atoms with Gasteiger partial charge in [0.05, 0.1) is 6.61 Å². The molecule has 9 nitrogen and oxygen atoms in total. The molecule has 0 aromatic heterocycles. The van der Waals surface area contributed by atoms with Crippen molar-refractivity contribution >= 4 is 23.8 Å². The second kappa shape index (κ2) is 12.2. The quantitative estimate of drug-likeness (QED) is 0.399. The SMILES string of the molecule is C=CCNC(=O)NC(=O)COC(=O)C(NC(=O)c1ccc(OCC)cc1)C(C)C. The van der Waals surface area contributed by atoms with E-state index in [9.17, 15) is 19.2 Å². The molecule has 0 saturated heterocycles. The maximum Gasteiger partial charge on any atom is 0.329 e. The minimum absolute atomic E-state index is 0.186. The minimum atomic E-state index is -0.962. The van der Waals surface area contributed by atoms with Crippen LogP contribution in [0, 0.1) is 5.92 Å². The molecule has 3 N–H and O–H groups in total. The van der Waals surface area contributed by atoms with Crippen LogP contribution < -0.4 is 20.7 Å². The van der Waals surface area contributed by atoms with Gasteiger partial charge in [0.2, 0.25) is 0 Å². The predicted octanol–water partition coefficient (Wildman–Crippen LogP) is 1.39. The molecule has 0 aliphatic heterocycles. The van der Waals surface area contributed by atoms with Gasteiger partial charge in [-0.15, -0.1) is 6.58 Å². The highest BCUT2D eigenvalue weighted by Crippen LogP contribution is 2.13. The van der Waals surface area contributed by atoms with Gasteiger partial charge in [0.25, 0.3) is 11.8 Å². The van der Waals surface area contributed by atoms with Crippen LogP contribution in [0.2, 0.25) is 0 Å². The Bertz CT molecular complexity index is 730. The van der Waals surface area contributed by atoms with E-state index in [-0.39, 0.29) is 12.5 Å². The van der Waals surface area contributed by atoms with Crippen LogP contribution in [-0.4, -0.2) is 49.6 Å². The standard InChI is InChI=1S/C20H27N3O6/c1-5-11-21-20(27)22-16(24)12-29-19(26)17(13(3)4)23-18(25)14-7-9-15(10-8-14)28-6-2/h5,7-10,13,17H,1,6,11-12H2,2-4H3,(H,23,25)(H2,21,22,24,27). The third kappa shape index (κ3) is 8.46. The van der Waals surface area contributed by atoms with Crippen LogP contribution in [0.25, 0.3) is 0 Å². The number of benzene rings is 1. The maximum atomic E-state index is 12.4. The molecular formula is C20H27N3O6. The second-order valence-corrected chi connectivity index (χ2v) is 6.31. The molecule has 1 aromatic rings. The van der Waals surface area contributed by atoms with Crippen molar-refractivity contribution in [1.82, 2.24) is 16.0 Å². The summed E-state index contributed by atoms with van der Waals surface area (Å²) in [6, 6.07) is 4.79. The van der Waals surface area contributed by atoms with Crippen LogP contribution in [0.1, 0.15) is 31.1 Å². The van der Waals surface area contributed by atoms with Crippen molar-refractivity contribution in [1.29, 1.82) is 0 Å². The van der Waals surface area contributed by atoms with Crippen LogP contribution in [0.15, 0.2) is 36.9 Å². The number of imide groups is 1. The van der Waals surface area contributed by atoms with Gasteiger partial charge in [-0.2, -0.15) is 0 Å². The summed E-state index contributed by atoms with van der Waals surface area (Å²) in [6.07, 6.45) is 1.45. The fourth-order valence-electron chi connectivity index (χ4n) is 2.19. The molecule has 0 heterocycles. The van der Waals surface area contributed by atoms with Gasteiger partial charge in [-0.1, -0.05) is 19.9 Å². The maximum absolute atomic E-state index is 12.4. The first-order chi connectivity index (χ1) is 13.8. The number of ether oxygens (including phenoxy) is 2. The van der Waals surface area contributed by atoms with Gasteiger partial charge in [-0.3, -0.25) is 14.9 Å². The van der Waals surface area contributed by atoms with E-state index in [1.807, 2.05) is 12.2 Å². The summed E-state index contributed by atoms with van der Waals surface area (Å²) in [6.45, 7) is 8.79. The lowest BCUT2D eigenvalue weighted by Gasteiger charge is -2.20. The first-order valence-corrected chi connectivity index (χ1v) is 9.17. The Hall–Kier alpha value is -3.36. The predicted molar refractivity (Wildman–Crippen MR) is 106 cm³/mol. The highest BCUT2D eigenvalue weighted by molar-refractivity contribution is 5.98. The van der Waals surface area contributed by atoms with E-state index in [2.05, 4.69) is 17.2 Å². The summed E-state index contributed by atoms with van der Waals surface area (Å²) in [5, 5.41) is 6.96. The Balaban J connectivity index is 2.61. The van der Waals surface area contributed by atoms with Gasteiger partial charge in [-0.25, -0.2) is 9.59 Å². The molecule has 4 amide bonds. The van der Waals surface area contributed by atoms with E-state index in [1.54, 1.807) is 38.1 Å². The summed E-state index contributed by atoms with van der Waals surface area (Å²) in [7, 11) is 0. The number of urea groups is 1. The van der Waals surface area contributed by atoms with Gasteiger partial charge < -0.3 is 20.1 Å². The molecule has 0 aliphatic rings. The van der Waals surface area contributed by atoms with Crippen molar-refractivity contribution in [3.05, 3.63) is 42.5 Å². The Kier molecular flexibility index (Phi) is 9.94. The molecule has 0 aliphatic carbocycles. The van der Waals surface area contributed by atoms with Crippen molar-refractivity contribution in [3.63, 3.8) is 0 Å². The summed E-state index contributed by atoms with van der Waals surface area (Å²) < 4.78 is 10.3. The molecule has 9 heteroatoms. The molecule has 1 atom stereocenters. The topological polar surface area (TPSA) is 123 Å². The Morgan fingerprint density at radius 2 is 1.79 bits per heavy atom. The van der Waals surface area contributed by atoms with Crippen molar-refractivity contribution in [2.45, 2.75) is 26.8 Å². The minimum Gasteiger partial charge on any atom is -0.494 e. The van der Waals surface area contributed by atoms with E-state index in [0.717, 1.165) is 0 Å². The lowest BCUT2D eigenvalue weighted by Crippen LogP contribution is -2.47. The number of nitrogens with one attached hydrogen (secondary N) is 3. The van der Waals surface area contributed by atoms with E-state index >= 15 is 0 Å². The molecule has 29 heavy (non-hydrogen) atoms. The zero-order valence-electron chi connectivity index (χ0n) is 16.8. The van der Waals surface area contributed by atoms with Gasteiger partial charge in [-0.05, 0) is 37.1 Å². The first kappa shape index (κ1) is 23.7. The van der Waals surface area contributed by atoms with Crippen molar-refractivity contribution < 1.29 is 28.7 Å². The molecule has 1 aromatic carbocycles. The molecule has 1 rings (SSSR count). The number of hydrogen-bond acceptors (Lipinski definition) is 6. The van der Waals surface area contributed by atoms with E-state index in [4.69, 9.17) is 9.47 Å². The molecular weight excluding hydrogens is 378 g/mol. The highest BCUT2D eigenvalue weighted by atomic mass is 16.5. The van der Waals surface area contributed by atoms with Crippen LogP contribution in [0.3, 0.4) is 0 Å². The van der Waals surface area contributed by atoms with Crippen LogP contribution in [0.5, 0.6) is 5.75 Å². The van der Waals surface area contributed by atoms with E-state index in [1.165, 1.54) is 6.08 Å². The number of carbonyl (C=O) groups excluding carboxylic acids is 4. The first-order valence-electron chi connectivity index (χ1n) is 9.17. The molecule has 1 unspecified atom stereocenters. The third-order valence-electron chi connectivity index (χ3n) is 3.64. The number of esters is 1. The molecule has 0 saturated carbocycles. The lowest BCUT2D eigenvalue weighted by atomic mass is 10.0. The largest absolute Gasteiger partial charge is 0.494 e. The smallest absolute Gasteiger partial charge is 0.329 e. The van der Waals surface area contributed by atoms with Crippen molar-refractivity contribution in [2.75, 3.05) is 19.8 Å². The van der Waals surface area contributed by atoms with Crippen LogP contribution >= 0.6 is 0 Å². The fourth-order valence-corrected chi connectivity index (χ4v) is 2.19. The average molecular weight is 405 g/mol. The molecule has 0 bridgehead atoms. The summed E-state index contributed by atoms with van der Waals surface area (Å²) in [4.78, 5) is 47.8. The zero-order chi connectivity index (χ0) is 21.8. The normalized spacial score (nSPS) is 11.2. The van der Waals surface area contributed by atoms with Crippen molar-refractivity contribution in [3.8, 4) is 5.75 Å². The van der Waals surface area contributed by atoms with Gasteiger partial charge in [0.15, 0.2) is 6.61 Å². The summed E-state index contributed by atoms with van der Waals surface area (Å²) >= 11 is 0. The van der Waals surface area contributed by atoms with E-state index < -0.39 is 36.5 Å². The average Bonchev–Trinajstić information content (AvgIpc) is 2.69. The Morgan fingerprint density at radius 3 is 2.34 bits per heavy atom. The Morgan fingerprint density at radius 1 is 1.14 bits per heavy atom. The van der Waals surface area contributed by atoms with Gasteiger partial charge in [0, 0.05) is 12.1 Å². The van der Waals surface area contributed by atoms with E-state index in [0.29, 0.717) is 17.9 Å². The van der Waals surface area contributed by atoms with Crippen LogP contribution in [0.4, 0.5) is 4.79 Å². The summed E-state index contributed by atoms with van der Waals surface area (Å²) in [5.41, 5.74) is 0.350. The fraction of sp³-hybridized carbons (Fsp3) is 0.400. The monoisotopic (exact) mass is 405 g/mol. The lowest BCUT2D eigenvalue weighted by molar-refractivity contribution is -0.151. The van der Waals surface area contributed by atoms with Crippen molar-refractivity contribution in [2.24, 2.45) is 5.92 Å².